The largest absolute Gasteiger partial charge is 0.326 e. The number of para-hydroxylation sites is 1. The van der Waals surface area contributed by atoms with Gasteiger partial charge in [0, 0.05) is 36.3 Å². The summed E-state index contributed by atoms with van der Waals surface area (Å²) in [6.07, 6.45) is 2.66. The SMILES string of the molecule is CC(c1ccccc1F)N(CCC(=O)Nc1ccccc1)C1CC1. The van der Waals surface area contributed by atoms with E-state index in [0.29, 0.717) is 24.6 Å². The molecule has 4 heteroatoms. The smallest absolute Gasteiger partial charge is 0.225 e. The van der Waals surface area contributed by atoms with E-state index >= 15 is 0 Å². The molecule has 0 radical (unpaired) electrons. The first-order valence-electron chi connectivity index (χ1n) is 8.50. The van der Waals surface area contributed by atoms with Gasteiger partial charge in [0.05, 0.1) is 0 Å². The van der Waals surface area contributed by atoms with Crippen LogP contribution in [0.4, 0.5) is 10.1 Å². The molecule has 1 saturated carbocycles. The van der Waals surface area contributed by atoms with Gasteiger partial charge >= 0.3 is 0 Å². The van der Waals surface area contributed by atoms with Gasteiger partial charge in [-0.15, -0.1) is 0 Å². The summed E-state index contributed by atoms with van der Waals surface area (Å²) in [7, 11) is 0. The van der Waals surface area contributed by atoms with Crippen molar-refractivity contribution in [2.45, 2.75) is 38.3 Å². The van der Waals surface area contributed by atoms with Gasteiger partial charge in [0.1, 0.15) is 5.82 Å². The highest BCUT2D eigenvalue weighted by atomic mass is 19.1. The fourth-order valence-corrected chi connectivity index (χ4v) is 3.07. The van der Waals surface area contributed by atoms with E-state index in [9.17, 15) is 9.18 Å². The molecule has 24 heavy (non-hydrogen) atoms. The van der Waals surface area contributed by atoms with Gasteiger partial charge in [0.15, 0.2) is 0 Å². The lowest BCUT2D eigenvalue weighted by atomic mass is 10.1. The fraction of sp³-hybridized carbons (Fsp3) is 0.350. The molecule has 0 bridgehead atoms. The molecule has 0 aliphatic heterocycles. The Labute approximate surface area is 142 Å². The molecular formula is C20H23FN2O. The number of carbonyl (C=O) groups excluding carboxylic acids is 1. The lowest BCUT2D eigenvalue weighted by Crippen LogP contribution is -2.33. The number of rotatable bonds is 7. The van der Waals surface area contributed by atoms with Crippen LogP contribution in [-0.2, 0) is 4.79 Å². The molecule has 1 atom stereocenters. The molecule has 0 heterocycles. The maximum Gasteiger partial charge on any atom is 0.225 e. The number of benzene rings is 2. The molecule has 126 valence electrons. The zero-order valence-corrected chi connectivity index (χ0v) is 13.9. The number of hydrogen-bond donors (Lipinski definition) is 1. The third-order valence-electron chi connectivity index (χ3n) is 4.52. The van der Waals surface area contributed by atoms with Crippen molar-refractivity contribution in [1.29, 1.82) is 0 Å². The third-order valence-corrected chi connectivity index (χ3v) is 4.52. The summed E-state index contributed by atoms with van der Waals surface area (Å²) in [6, 6.07) is 16.8. The van der Waals surface area contributed by atoms with E-state index in [1.54, 1.807) is 6.07 Å². The number of anilines is 1. The molecule has 3 nitrogen and oxygen atoms in total. The maximum absolute atomic E-state index is 14.1. The van der Waals surface area contributed by atoms with Crippen molar-refractivity contribution in [3.8, 4) is 0 Å². The van der Waals surface area contributed by atoms with Gasteiger partial charge in [-0.25, -0.2) is 4.39 Å². The highest BCUT2D eigenvalue weighted by Gasteiger charge is 2.33. The second-order valence-corrected chi connectivity index (χ2v) is 6.33. The summed E-state index contributed by atoms with van der Waals surface area (Å²) >= 11 is 0. The molecule has 3 rings (SSSR count). The Kier molecular flexibility index (Phi) is 5.26. The quantitative estimate of drug-likeness (QED) is 0.819. The minimum absolute atomic E-state index is 0.00687. The van der Waals surface area contributed by atoms with Crippen molar-refractivity contribution in [3.63, 3.8) is 0 Å². The van der Waals surface area contributed by atoms with Gasteiger partial charge in [-0.2, -0.15) is 0 Å². The average Bonchev–Trinajstić information content (AvgIpc) is 3.41. The van der Waals surface area contributed by atoms with Crippen LogP contribution in [0.3, 0.4) is 0 Å². The van der Waals surface area contributed by atoms with Crippen molar-refractivity contribution < 1.29 is 9.18 Å². The molecule has 2 aromatic rings. The van der Waals surface area contributed by atoms with E-state index in [1.807, 2.05) is 49.4 Å². The molecule has 0 spiro atoms. The van der Waals surface area contributed by atoms with Crippen LogP contribution < -0.4 is 5.32 Å². The van der Waals surface area contributed by atoms with Gasteiger partial charge in [0.2, 0.25) is 5.91 Å². The molecule has 1 amide bonds. The normalized spacial score (nSPS) is 15.3. The van der Waals surface area contributed by atoms with E-state index in [1.165, 1.54) is 6.07 Å². The first kappa shape index (κ1) is 16.7. The predicted molar refractivity (Wildman–Crippen MR) is 94.2 cm³/mol. The molecule has 2 aromatic carbocycles. The summed E-state index contributed by atoms with van der Waals surface area (Å²) in [5, 5.41) is 2.91. The number of halogens is 1. The van der Waals surface area contributed by atoms with Crippen molar-refractivity contribution in [1.82, 2.24) is 4.90 Å². The monoisotopic (exact) mass is 326 g/mol. The number of nitrogens with zero attached hydrogens (tertiary/aromatic N) is 1. The Hall–Kier alpha value is -2.20. The van der Waals surface area contributed by atoms with Gasteiger partial charge in [-0.05, 0) is 38.0 Å². The van der Waals surface area contributed by atoms with Gasteiger partial charge in [-0.3, -0.25) is 9.69 Å². The Balaban J connectivity index is 1.60. The predicted octanol–water partition coefficient (Wildman–Crippen LogP) is 4.38. The van der Waals surface area contributed by atoms with Gasteiger partial charge in [0.25, 0.3) is 0 Å². The summed E-state index contributed by atoms with van der Waals surface area (Å²) < 4.78 is 14.1. The lowest BCUT2D eigenvalue weighted by molar-refractivity contribution is -0.116. The minimum atomic E-state index is -0.176. The Morgan fingerprint density at radius 1 is 1.17 bits per heavy atom. The van der Waals surface area contributed by atoms with E-state index in [2.05, 4.69) is 10.2 Å². The average molecular weight is 326 g/mol. The highest BCUT2D eigenvalue weighted by Crippen LogP contribution is 2.35. The van der Waals surface area contributed by atoms with Gasteiger partial charge in [-0.1, -0.05) is 36.4 Å². The Bertz CT molecular complexity index is 685. The molecule has 0 aromatic heterocycles. The maximum atomic E-state index is 14.1. The van der Waals surface area contributed by atoms with E-state index in [-0.39, 0.29) is 17.8 Å². The summed E-state index contributed by atoms with van der Waals surface area (Å²) in [4.78, 5) is 14.4. The fourth-order valence-electron chi connectivity index (χ4n) is 3.07. The highest BCUT2D eigenvalue weighted by molar-refractivity contribution is 5.90. The van der Waals surface area contributed by atoms with Crippen molar-refractivity contribution >= 4 is 11.6 Å². The number of hydrogen-bond acceptors (Lipinski definition) is 2. The molecule has 1 aliphatic carbocycles. The van der Waals surface area contributed by atoms with Crippen LogP contribution in [0.2, 0.25) is 0 Å². The number of nitrogens with one attached hydrogen (secondary N) is 1. The third kappa shape index (κ3) is 4.20. The molecule has 1 N–H and O–H groups in total. The summed E-state index contributed by atoms with van der Waals surface area (Å²) in [6.45, 7) is 2.66. The van der Waals surface area contributed by atoms with Crippen LogP contribution in [0.1, 0.15) is 37.8 Å². The van der Waals surface area contributed by atoms with E-state index in [0.717, 1.165) is 18.5 Å². The topological polar surface area (TPSA) is 32.3 Å². The lowest BCUT2D eigenvalue weighted by Gasteiger charge is -2.29. The Morgan fingerprint density at radius 2 is 1.83 bits per heavy atom. The second kappa shape index (κ2) is 7.58. The minimum Gasteiger partial charge on any atom is -0.326 e. The first-order valence-corrected chi connectivity index (χ1v) is 8.50. The second-order valence-electron chi connectivity index (χ2n) is 6.33. The van der Waals surface area contributed by atoms with Crippen LogP contribution in [0.25, 0.3) is 0 Å². The first-order chi connectivity index (χ1) is 11.6. The van der Waals surface area contributed by atoms with Crippen molar-refractivity contribution in [2.75, 3.05) is 11.9 Å². The van der Waals surface area contributed by atoms with Crippen LogP contribution in [0.5, 0.6) is 0 Å². The molecule has 1 unspecified atom stereocenters. The van der Waals surface area contributed by atoms with Crippen LogP contribution in [0, 0.1) is 5.82 Å². The van der Waals surface area contributed by atoms with Crippen molar-refractivity contribution in [3.05, 3.63) is 66.0 Å². The molecule has 1 fully saturated rings. The summed E-state index contributed by atoms with van der Waals surface area (Å²) in [5.74, 6) is -0.183. The molecule has 0 saturated heterocycles. The number of amides is 1. The standard InChI is InChI=1S/C20H23FN2O/c1-15(18-9-5-6-10-19(18)21)23(17-11-12-17)14-13-20(24)22-16-7-3-2-4-8-16/h2-10,15,17H,11-14H2,1H3,(H,22,24). The number of carbonyl (C=O) groups is 1. The zero-order chi connectivity index (χ0) is 16.9. The molecule has 1 aliphatic rings. The van der Waals surface area contributed by atoms with E-state index < -0.39 is 0 Å². The molecular weight excluding hydrogens is 303 g/mol. The van der Waals surface area contributed by atoms with Crippen molar-refractivity contribution in [2.24, 2.45) is 0 Å². The van der Waals surface area contributed by atoms with E-state index in [4.69, 9.17) is 0 Å². The zero-order valence-electron chi connectivity index (χ0n) is 13.9. The van der Waals surface area contributed by atoms with Gasteiger partial charge < -0.3 is 5.32 Å². The van der Waals surface area contributed by atoms with Crippen LogP contribution in [0.15, 0.2) is 54.6 Å². The van der Waals surface area contributed by atoms with Crippen LogP contribution >= 0.6 is 0 Å². The summed E-state index contributed by atoms with van der Waals surface area (Å²) in [5.41, 5.74) is 1.51. The van der Waals surface area contributed by atoms with Crippen LogP contribution in [-0.4, -0.2) is 23.4 Å². The Morgan fingerprint density at radius 3 is 2.50 bits per heavy atom.